The summed E-state index contributed by atoms with van der Waals surface area (Å²) in [5.74, 6) is -1.22. The summed E-state index contributed by atoms with van der Waals surface area (Å²) >= 11 is 0. The maximum atomic E-state index is 13.0. The van der Waals surface area contributed by atoms with Gasteiger partial charge in [0.1, 0.15) is 0 Å². The second-order valence-corrected chi connectivity index (χ2v) is 16.5. The molecule has 51 heavy (non-hydrogen) atoms. The molecular formula is C43H70N2O6. The van der Waals surface area contributed by atoms with Gasteiger partial charge in [0.05, 0.1) is 29.3 Å². The number of imide groups is 2. The fourth-order valence-electron chi connectivity index (χ4n) is 9.26. The van der Waals surface area contributed by atoms with Crippen molar-refractivity contribution in [2.75, 3.05) is 27.3 Å². The molecule has 6 unspecified atom stereocenters. The summed E-state index contributed by atoms with van der Waals surface area (Å²) in [6, 6.07) is 0. The second kappa shape index (κ2) is 21.4. The number of carbonyl (C=O) groups excluding carboxylic acids is 4. The van der Waals surface area contributed by atoms with Gasteiger partial charge in [-0.15, -0.1) is 0 Å². The smallest absolute Gasteiger partial charge is 0.233 e. The van der Waals surface area contributed by atoms with Crippen molar-refractivity contribution in [2.24, 2.45) is 35.5 Å². The van der Waals surface area contributed by atoms with E-state index < -0.39 is 5.60 Å². The van der Waals surface area contributed by atoms with Crippen molar-refractivity contribution in [2.45, 2.75) is 160 Å². The number of carbonyl (C=O) groups is 4. The number of likely N-dealkylation sites (tertiary alicyclic amines) is 2. The van der Waals surface area contributed by atoms with Gasteiger partial charge in [0.2, 0.25) is 23.6 Å². The predicted octanol–water partition coefficient (Wildman–Crippen LogP) is 8.56. The third-order valence-electron chi connectivity index (χ3n) is 12.6. The van der Waals surface area contributed by atoms with Crippen LogP contribution in [0, 0.1) is 35.5 Å². The molecule has 2 aliphatic carbocycles. The summed E-state index contributed by atoms with van der Waals surface area (Å²) in [6.07, 6.45) is 34.4. The van der Waals surface area contributed by atoms with Gasteiger partial charge in [-0.2, -0.15) is 0 Å². The van der Waals surface area contributed by atoms with E-state index >= 15 is 0 Å². The molecule has 0 bridgehead atoms. The Bertz CT molecular complexity index is 1110. The monoisotopic (exact) mass is 711 g/mol. The van der Waals surface area contributed by atoms with Crippen molar-refractivity contribution in [1.29, 1.82) is 0 Å². The molecule has 2 fully saturated rings. The highest BCUT2D eigenvalue weighted by atomic mass is 16.5. The minimum atomic E-state index is -0.420. The lowest BCUT2D eigenvalue weighted by Gasteiger charge is -2.35. The first-order valence-corrected chi connectivity index (χ1v) is 20.9. The van der Waals surface area contributed by atoms with Crippen LogP contribution in [0.4, 0.5) is 0 Å². The second-order valence-electron chi connectivity index (χ2n) is 16.5. The topological polar surface area (TPSA) is 104 Å². The highest BCUT2D eigenvalue weighted by Crippen LogP contribution is 2.44. The SMILES string of the molecule is CN1C(=O)C2CC=CC(CCC(C)(CCC3C=CCC4C(=O)N(C)C(=O)C34)OCCCCCCCCCCCCCCCCCCCO)C2C1=O. The Hall–Kier alpha value is -2.32. The number of allylic oxidation sites excluding steroid dienone is 4. The zero-order valence-electron chi connectivity index (χ0n) is 32.3. The number of unbranched alkanes of at least 4 members (excludes halogenated alkanes) is 16. The highest BCUT2D eigenvalue weighted by molar-refractivity contribution is 6.06. The fourth-order valence-corrected chi connectivity index (χ4v) is 9.26. The molecule has 2 saturated heterocycles. The number of aliphatic hydroxyl groups is 1. The van der Waals surface area contributed by atoms with E-state index in [2.05, 4.69) is 31.2 Å². The first kappa shape index (κ1) is 41.4. The van der Waals surface area contributed by atoms with E-state index in [1.807, 2.05) is 0 Å². The Morgan fingerprint density at radius 1 is 0.588 bits per heavy atom. The Kier molecular flexibility index (Phi) is 17.4. The average Bonchev–Trinajstić information content (AvgIpc) is 3.50. The van der Waals surface area contributed by atoms with Gasteiger partial charge in [-0.1, -0.05) is 121 Å². The van der Waals surface area contributed by atoms with Gasteiger partial charge >= 0.3 is 0 Å². The van der Waals surface area contributed by atoms with Crippen LogP contribution in [0.15, 0.2) is 24.3 Å². The van der Waals surface area contributed by atoms with Crippen LogP contribution in [-0.2, 0) is 23.9 Å². The number of ether oxygens (including phenoxy) is 1. The third kappa shape index (κ3) is 11.8. The molecule has 4 aliphatic rings. The number of amides is 4. The van der Waals surface area contributed by atoms with Crippen LogP contribution in [0.3, 0.4) is 0 Å². The van der Waals surface area contributed by atoms with Gasteiger partial charge in [-0.05, 0) is 70.1 Å². The Morgan fingerprint density at radius 3 is 1.31 bits per heavy atom. The molecule has 0 saturated carbocycles. The third-order valence-corrected chi connectivity index (χ3v) is 12.6. The molecule has 2 heterocycles. The molecule has 4 rings (SSSR count). The van der Waals surface area contributed by atoms with Gasteiger partial charge in [0, 0.05) is 27.3 Å². The number of aliphatic hydroxyl groups excluding tert-OH is 1. The van der Waals surface area contributed by atoms with E-state index in [-0.39, 0.29) is 59.1 Å². The van der Waals surface area contributed by atoms with E-state index in [1.165, 1.54) is 99.7 Å². The van der Waals surface area contributed by atoms with Gasteiger partial charge in [-0.25, -0.2) is 0 Å². The molecule has 8 heteroatoms. The van der Waals surface area contributed by atoms with Crippen molar-refractivity contribution in [3.63, 3.8) is 0 Å². The minimum Gasteiger partial charge on any atom is -0.396 e. The van der Waals surface area contributed by atoms with Crippen molar-refractivity contribution < 1.29 is 29.0 Å². The van der Waals surface area contributed by atoms with Crippen LogP contribution in [0.1, 0.15) is 155 Å². The molecule has 0 spiro atoms. The Labute approximate surface area is 309 Å². The van der Waals surface area contributed by atoms with E-state index in [9.17, 15) is 19.2 Å². The minimum absolute atomic E-state index is 0.0212. The summed E-state index contributed by atoms with van der Waals surface area (Å²) in [5.41, 5.74) is -0.420. The average molecular weight is 711 g/mol. The lowest BCUT2D eigenvalue weighted by atomic mass is 9.72. The summed E-state index contributed by atoms with van der Waals surface area (Å²) in [4.78, 5) is 54.1. The lowest BCUT2D eigenvalue weighted by Crippen LogP contribution is -2.35. The number of rotatable bonds is 26. The van der Waals surface area contributed by atoms with Gasteiger partial charge < -0.3 is 9.84 Å². The van der Waals surface area contributed by atoms with Crippen molar-refractivity contribution in [3.8, 4) is 0 Å². The van der Waals surface area contributed by atoms with Crippen LogP contribution < -0.4 is 0 Å². The molecule has 1 N–H and O–H groups in total. The zero-order valence-corrected chi connectivity index (χ0v) is 32.3. The molecule has 8 nitrogen and oxygen atoms in total. The predicted molar refractivity (Wildman–Crippen MR) is 202 cm³/mol. The van der Waals surface area contributed by atoms with Gasteiger partial charge in [0.15, 0.2) is 0 Å². The lowest BCUT2D eigenvalue weighted by molar-refractivity contribution is -0.139. The number of nitrogens with zero attached hydrogens (tertiary/aromatic N) is 2. The van der Waals surface area contributed by atoms with E-state index in [4.69, 9.17) is 9.84 Å². The summed E-state index contributed by atoms with van der Waals surface area (Å²) in [6.45, 7) is 3.21. The van der Waals surface area contributed by atoms with Crippen LogP contribution in [-0.4, -0.2) is 71.4 Å². The molecule has 0 radical (unpaired) electrons. The first-order valence-electron chi connectivity index (χ1n) is 20.9. The largest absolute Gasteiger partial charge is 0.396 e. The van der Waals surface area contributed by atoms with Crippen molar-refractivity contribution in [1.82, 2.24) is 9.80 Å². The van der Waals surface area contributed by atoms with Crippen LogP contribution in [0.5, 0.6) is 0 Å². The number of fused-ring (bicyclic) bond motifs is 2. The van der Waals surface area contributed by atoms with Crippen molar-refractivity contribution >= 4 is 23.6 Å². The van der Waals surface area contributed by atoms with Crippen LogP contribution >= 0.6 is 0 Å². The molecule has 0 aromatic carbocycles. The first-order chi connectivity index (χ1) is 24.7. The van der Waals surface area contributed by atoms with Gasteiger partial charge in [-0.3, -0.25) is 29.0 Å². The standard InChI is InChI=1S/C43H70N2O6/c1-43(29-27-33-23-21-25-35-37(33)41(49)44(2)39(35)47,30-28-34-24-22-26-36-38(34)42(50)45(3)40(36)48)51-32-20-18-16-14-12-10-8-6-4-5-7-9-11-13-15-17-19-31-46/h21-24,33-38,46H,4-20,25-32H2,1-3H3. The Morgan fingerprint density at radius 2 is 0.941 bits per heavy atom. The van der Waals surface area contributed by atoms with E-state index in [1.54, 1.807) is 14.1 Å². The fraction of sp³-hybridized carbons (Fsp3) is 0.814. The molecular weight excluding hydrogens is 640 g/mol. The number of hydrogen-bond acceptors (Lipinski definition) is 6. The van der Waals surface area contributed by atoms with E-state index in [0.29, 0.717) is 26.1 Å². The van der Waals surface area contributed by atoms with Crippen LogP contribution in [0.2, 0.25) is 0 Å². The number of hydrogen-bond donors (Lipinski definition) is 1. The summed E-state index contributed by atoms with van der Waals surface area (Å²) < 4.78 is 6.72. The zero-order chi connectivity index (χ0) is 36.6. The molecule has 2 aliphatic heterocycles. The maximum Gasteiger partial charge on any atom is 0.233 e. The van der Waals surface area contributed by atoms with Gasteiger partial charge in [0.25, 0.3) is 0 Å². The maximum absolute atomic E-state index is 13.0. The summed E-state index contributed by atoms with van der Waals surface area (Å²) in [5, 5.41) is 8.85. The Balaban J connectivity index is 1.16. The quantitative estimate of drug-likeness (QED) is 0.0548. The molecule has 6 atom stereocenters. The van der Waals surface area contributed by atoms with Crippen molar-refractivity contribution in [3.05, 3.63) is 24.3 Å². The molecule has 288 valence electrons. The molecule has 0 aromatic heterocycles. The summed E-state index contributed by atoms with van der Waals surface area (Å²) in [7, 11) is 3.22. The van der Waals surface area contributed by atoms with E-state index in [0.717, 1.165) is 44.9 Å². The molecule has 0 aromatic rings. The van der Waals surface area contributed by atoms with Crippen LogP contribution in [0.25, 0.3) is 0 Å². The normalized spacial score (nSPS) is 27.1. The molecule has 4 amide bonds. The highest BCUT2D eigenvalue weighted by Gasteiger charge is 2.51.